The Balaban J connectivity index is 1.84. The second-order valence-electron chi connectivity index (χ2n) is 4.99. The lowest BCUT2D eigenvalue weighted by Gasteiger charge is -2.06. The molecule has 2 aromatic carbocycles. The third-order valence-corrected chi connectivity index (χ3v) is 4.63. The van der Waals surface area contributed by atoms with E-state index in [0.717, 1.165) is 22.2 Å². The molecule has 0 saturated heterocycles. The van der Waals surface area contributed by atoms with Gasteiger partial charge in [0, 0.05) is 9.86 Å². The van der Waals surface area contributed by atoms with Gasteiger partial charge in [-0.3, -0.25) is 0 Å². The molecule has 0 aliphatic rings. The molecule has 1 unspecified atom stereocenters. The molecule has 1 aromatic heterocycles. The summed E-state index contributed by atoms with van der Waals surface area (Å²) in [5, 5.41) is 1.17. The summed E-state index contributed by atoms with van der Waals surface area (Å²) in [6.45, 7) is 2.10. The van der Waals surface area contributed by atoms with Crippen molar-refractivity contribution in [3.63, 3.8) is 0 Å². The topological polar surface area (TPSA) is 13.1 Å². The molecule has 3 rings (SSSR count). The van der Waals surface area contributed by atoms with E-state index >= 15 is 0 Å². The molecule has 20 heavy (non-hydrogen) atoms. The Morgan fingerprint density at radius 3 is 2.55 bits per heavy atom. The molecule has 0 aliphatic carbocycles. The molecule has 0 N–H and O–H groups in total. The van der Waals surface area contributed by atoms with Crippen molar-refractivity contribution in [2.75, 3.05) is 0 Å². The summed E-state index contributed by atoms with van der Waals surface area (Å²) < 4.78 is 7.03. The fourth-order valence-electron chi connectivity index (χ4n) is 2.27. The highest BCUT2D eigenvalue weighted by Crippen LogP contribution is 2.32. The lowest BCUT2D eigenvalue weighted by Crippen LogP contribution is -1.93. The van der Waals surface area contributed by atoms with E-state index in [1.54, 1.807) is 0 Å². The summed E-state index contributed by atoms with van der Waals surface area (Å²) in [7, 11) is 0. The van der Waals surface area contributed by atoms with Gasteiger partial charge in [-0.1, -0.05) is 55.6 Å². The molecular weight excluding hydrogens is 380 g/mol. The van der Waals surface area contributed by atoms with E-state index in [4.69, 9.17) is 4.42 Å². The Labute approximate surface area is 135 Å². The van der Waals surface area contributed by atoms with Crippen molar-refractivity contribution in [2.45, 2.75) is 18.2 Å². The lowest BCUT2D eigenvalue weighted by molar-refractivity contribution is 0.545. The normalized spacial score (nSPS) is 12.8. The van der Waals surface area contributed by atoms with E-state index in [1.165, 1.54) is 16.5 Å². The van der Waals surface area contributed by atoms with Gasteiger partial charge in [0.25, 0.3) is 0 Å². The second kappa shape index (κ2) is 5.74. The van der Waals surface area contributed by atoms with Crippen LogP contribution in [0.5, 0.6) is 0 Å². The first kappa shape index (κ1) is 13.9. The Morgan fingerprint density at radius 1 is 1.05 bits per heavy atom. The van der Waals surface area contributed by atoms with Gasteiger partial charge >= 0.3 is 0 Å². The molecule has 3 aromatic rings. The molecule has 1 atom stereocenters. The van der Waals surface area contributed by atoms with E-state index < -0.39 is 0 Å². The number of aryl methyl sites for hydroxylation is 1. The fourth-order valence-corrected chi connectivity index (χ4v) is 3.13. The van der Waals surface area contributed by atoms with Gasteiger partial charge in [0.15, 0.2) is 0 Å². The molecule has 1 heterocycles. The maximum absolute atomic E-state index is 5.92. The average Bonchev–Trinajstić information content (AvgIpc) is 2.84. The van der Waals surface area contributed by atoms with Gasteiger partial charge in [0.1, 0.15) is 11.3 Å². The zero-order chi connectivity index (χ0) is 14.1. The van der Waals surface area contributed by atoms with E-state index in [0.29, 0.717) is 0 Å². The summed E-state index contributed by atoms with van der Waals surface area (Å²) in [6, 6.07) is 16.8. The van der Waals surface area contributed by atoms with Crippen molar-refractivity contribution in [2.24, 2.45) is 0 Å². The minimum absolute atomic E-state index is 0.191. The van der Waals surface area contributed by atoms with Crippen molar-refractivity contribution in [3.8, 4) is 0 Å². The number of alkyl halides is 1. The van der Waals surface area contributed by atoms with Gasteiger partial charge in [-0.25, -0.2) is 0 Å². The Bertz CT molecular complexity index is 728. The molecule has 0 fully saturated rings. The molecule has 3 heteroatoms. The number of fused-ring (bicyclic) bond motifs is 1. The van der Waals surface area contributed by atoms with Gasteiger partial charge in [0.2, 0.25) is 0 Å². The standard InChI is InChI=1S/C17H14Br2O/c1-11-2-7-16-13(8-11)10-17(20-16)15(19)9-12-3-5-14(18)6-4-12/h2-8,10,15H,9H2,1H3. The largest absolute Gasteiger partial charge is 0.460 e. The van der Waals surface area contributed by atoms with Crippen LogP contribution >= 0.6 is 31.9 Å². The summed E-state index contributed by atoms with van der Waals surface area (Å²) in [5.74, 6) is 0.980. The van der Waals surface area contributed by atoms with Crippen LogP contribution in [-0.4, -0.2) is 0 Å². The van der Waals surface area contributed by atoms with Crippen molar-refractivity contribution < 1.29 is 4.42 Å². The van der Waals surface area contributed by atoms with Gasteiger partial charge in [-0.15, -0.1) is 0 Å². The molecule has 0 spiro atoms. The smallest absolute Gasteiger partial charge is 0.134 e. The highest BCUT2D eigenvalue weighted by molar-refractivity contribution is 9.10. The van der Waals surface area contributed by atoms with Crippen LogP contribution in [0.25, 0.3) is 11.0 Å². The first-order chi connectivity index (χ1) is 9.61. The molecule has 0 amide bonds. The predicted octanol–water partition coefficient (Wildman–Crippen LogP) is 6.18. The van der Waals surface area contributed by atoms with Crippen LogP contribution in [0.15, 0.2) is 57.4 Å². The van der Waals surface area contributed by atoms with Crippen LogP contribution in [0.1, 0.15) is 21.7 Å². The maximum atomic E-state index is 5.92. The Hall–Kier alpha value is -1.06. The summed E-state index contributed by atoms with van der Waals surface area (Å²) in [6.07, 6.45) is 0.909. The quantitative estimate of drug-likeness (QED) is 0.484. The minimum atomic E-state index is 0.191. The zero-order valence-electron chi connectivity index (χ0n) is 11.1. The summed E-state index contributed by atoms with van der Waals surface area (Å²) in [5.41, 5.74) is 3.49. The Morgan fingerprint density at radius 2 is 1.80 bits per heavy atom. The number of benzene rings is 2. The van der Waals surface area contributed by atoms with E-state index in [-0.39, 0.29) is 4.83 Å². The van der Waals surface area contributed by atoms with Gasteiger partial charge < -0.3 is 4.42 Å². The average molecular weight is 394 g/mol. The number of hydrogen-bond acceptors (Lipinski definition) is 1. The SMILES string of the molecule is Cc1ccc2oc(C(Br)Cc3ccc(Br)cc3)cc2c1. The van der Waals surface area contributed by atoms with Crippen LogP contribution in [0.4, 0.5) is 0 Å². The second-order valence-corrected chi connectivity index (χ2v) is 7.01. The van der Waals surface area contributed by atoms with E-state index in [1.807, 2.05) is 6.07 Å². The Kier molecular flexibility index (Phi) is 3.99. The summed E-state index contributed by atoms with van der Waals surface area (Å²) in [4.78, 5) is 0.191. The third kappa shape index (κ3) is 2.99. The van der Waals surface area contributed by atoms with Gasteiger partial charge in [0.05, 0.1) is 4.83 Å². The highest BCUT2D eigenvalue weighted by atomic mass is 79.9. The van der Waals surface area contributed by atoms with Crippen molar-refractivity contribution in [1.29, 1.82) is 0 Å². The maximum Gasteiger partial charge on any atom is 0.134 e. The predicted molar refractivity (Wildman–Crippen MR) is 90.5 cm³/mol. The number of halogens is 2. The van der Waals surface area contributed by atoms with Crippen LogP contribution < -0.4 is 0 Å². The number of furan rings is 1. The highest BCUT2D eigenvalue weighted by Gasteiger charge is 2.14. The molecule has 0 bridgehead atoms. The number of hydrogen-bond donors (Lipinski definition) is 0. The van der Waals surface area contributed by atoms with Gasteiger partial charge in [-0.2, -0.15) is 0 Å². The van der Waals surface area contributed by atoms with E-state index in [2.05, 4.69) is 81.2 Å². The monoisotopic (exact) mass is 392 g/mol. The third-order valence-electron chi connectivity index (χ3n) is 3.33. The van der Waals surface area contributed by atoms with E-state index in [9.17, 15) is 0 Å². The van der Waals surface area contributed by atoms with Crippen LogP contribution in [0.2, 0.25) is 0 Å². The van der Waals surface area contributed by atoms with Crippen molar-refractivity contribution in [1.82, 2.24) is 0 Å². The van der Waals surface area contributed by atoms with Gasteiger partial charge in [-0.05, 0) is 49.2 Å². The first-order valence-electron chi connectivity index (χ1n) is 6.50. The molecule has 102 valence electrons. The molecule has 0 radical (unpaired) electrons. The fraction of sp³-hybridized carbons (Fsp3) is 0.176. The first-order valence-corrected chi connectivity index (χ1v) is 8.21. The van der Waals surface area contributed by atoms with Crippen molar-refractivity contribution in [3.05, 3.63) is 69.9 Å². The van der Waals surface area contributed by atoms with Crippen LogP contribution in [0, 0.1) is 6.92 Å². The summed E-state index contributed by atoms with van der Waals surface area (Å²) >= 11 is 7.19. The van der Waals surface area contributed by atoms with Crippen LogP contribution in [-0.2, 0) is 6.42 Å². The number of rotatable bonds is 3. The molecule has 0 aliphatic heterocycles. The molecule has 1 nitrogen and oxygen atoms in total. The van der Waals surface area contributed by atoms with Crippen molar-refractivity contribution >= 4 is 42.8 Å². The van der Waals surface area contributed by atoms with Crippen LogP contribution in [0.3, 0.4) is 0 Å². The zero-order valence-corrected chi connectivity index (χ0v) is 14.2. The minimum Gasteiger partial charge on any atom is -0.460 e. The lowest BCUT2D eigenvalue weighted by atomic mass is 10.1. The molecular formula is C17H14Br2O. The molecule has 0 saturated carbocycles.